The Bertz CT molecular complexity index is 1110. The number of nitrogens with one attached hydrogen (secondary N) is 2. The third-order valence-corrected chi connectivity index (χ3v) is 5.37. The van der Waals surface area contributed by atoms with Gasteiger partial charge in [-0.05, 0) is 23.8 Å². The van der Waals surface area contributed by atoms with Crippen molar-refractivity contribution in [1.82, 2.24) is 20.1 Å². The van der Waals surface area contributed by atoms with Gasteiger partial charge < -0.3 is 14.8 Å². The van der Waals surface area contributed by atoms with Gasteiger partial charge in [-0.1, -0.05) is 36.4 Å². The predicted molar refractivity (Wildman–Crippen MR) is 110 cm³/mol. The lowest BCUT2D eigenvalue weighted by Gasteiger charge is -2.35. The Kier molecular flexibility index (Phi) is 4.09. The van der Waals surface area contributed by atoms with Crippen LogP contribution in [0.25, 0.3) is 22.2 Å². The summed E-state index contributed by atoms with van der Waals surface area (Å²) in [5.74, 6) is 1.02. The maximum Gasteiger partial charge on any atom is 0.254 e. The molecule has 140 valence electrons. The van der Waals surface area contributed by atoms with Gasteiger partial charge in [0.25, 0.3) is 5.91 Å². The smallest absolute Gasteiger partial charge is 0.254 e. The van der Waals surface area contributed by atoms with Crippen molar-refractivity contribution >= 4 is 22.6 Å². The summed E-state index contributed by atoms with van der Waals surface area (Å²) in [6, 6.07) is 20.0. The van der Waals surface area contributed by atoms with Crippen LogP contribution in [-0.2, 0) is 0 Å². The average Bonchev–Trinajstić information content (AvgIpc) is 3.43. The monoisotopic (exact) mass is 371 g/mol. The van der Waals surface area contributed by atoms with Gasteiger partial charge in [0, 0.05) is 54.9 Å². The summed E-state index contributed by atoms with van der Waals surface area (Å²) >= 11 is 0. The molecule has 1 aliphatic heterocycles. The molecule has 3 heterocycles. The van der Waals surface area contributed by atoms with Crippen LogP contribution in [0.15, 0.2) is 66.9 Å². The van der Waals surface area contributed by atoms with Crippen molar-refractivity contribution in [2.75, 3.05) is 31.1 Å². The molecule has 1 amide bonds. The number of aromatic nitrogens is 3. The lowest BCUT2D eigenvalue weighted by Crippen LogP contribution is -2.49. The number of carbonyl (C=O) groups excluding carboxylic acids is 1. The van der Waals surface area contributed by atoms with Crippen LogP contribution in [0.4, 0.5) is 5.82 Å². The fourth-order valence-corrected chi connectivity index (χ4v) is 3.82. The summed E-state index contributed by atoms with van der Waals surface area (Å²) in [6.07, 6.45) is 1.88. The van der Waals surface area contributed by atoms with E-state index in [0.717, 1.165) is 46.6 Å². The molecule has 5 rings (SSSR count). The Balaban J connectivity index is 1.28. The van der Waals surface area contributed by atoms with Crippen molar-refractivity contribution in [2.24, 2.45) is 0 Å². The summed E-state index contributed by atoms with van der Waals surface area (Å²) in [5, 5.41) is 8.57. The summed E-state index contributed by atoms with van der Waals surface area (Å²) in [4.78, 5) is 20.3. The molecule has 0 radical (unpaired) electrons. The van der Waals surface area contributed by atoms with E-state index in [1.807, 2.05) is 53.6 Å². The highest BCUT2D eigenvalue weighted by atomic mass is 16.2. The van der Waals surface area contributed by atoms with Gasteiger partial charge in [0.05, 0.1) is 5.69 Å². The molecule has 2 N–H and O–H groups in total. The standard InChI is InChI=1S/C22H21N5O/c28-22(18-7-4-8-19-17(18)9-10-23-19)27-13-11-26(12-14-27)21-15-20(24-25-21)16-5-2-1-3-6-16/h1-10,15,23H,11-14H2,(H,24,25). The number of nitrogens with zero attached hydrogens (tertiary/aromatic N) is 3. The molecule has 28 heavy (non-hydrogen) atoms. The first kappa shape index (κ1) is 16.6. The summed E-state index contributed by atoms with van der Waals surface area (Å²) in [6.45, 7) is 2.92. The minimum Gasteiger partial charge on any atom is -0.361 e. The van der Waals surface area contributed by atoms with Crippen molar-refractivity contribution in [3.05, 3.63) is 72.4 Å². The number of hydrogen-bond acceptors (Lipinski definition) is 3. The van der Waals surface area contributed by atoms with E-state index in [1.165, 1.54) is 0 Å². The van der Waals surface area contributed by atoms with Crippen LogP contribution < -0.4 is 4.90 Å². The fourth-order valence-electron chi connectivity index (χ4n) is 3.82. The van der Waals surface area contributed by atoms with Crippen LogP contribution in [0, 0.1) is 0 Å². The van der Waals surface area contributed by atoms with Crippen molar-refractivity contribution in [3.8, 4) is 11.3 Å². The van der Waals surface area contributed by atoms with Crippen LogP contribution >= 0.6 is 0 Å². The Morgan fingerprint density at radius 3 is 2.57 bits per heavy atom. The highest BCUT2D eigenvalue weighted by Crippen LogP contribution is 2.24. The number of benzene rings is 2. The Morgan fingerprint density at radius 2 is 1.75 bits per heavy atom. The fraction of sp³-hybridized carbons (Fsp3) is 0.182. The van der Waals surface area contributed by atoms with E-state index in [-0.39, 0.29) is 5.91 Å². The zero-order valence-electron chi connectivity index (χ0n) is 15.4. The molecule has 2 aromatic heterocycles. The van der Waals surface area contributed by atoms with E-state index in [2.05, 4.69) is 38.3 Å². The van der Waals surface area contributed by atoms with E-state index in [9.17, 15) is 4.79 Å². The molecule has 6 nitrogen and oxygen atoms in total. The van der Waals surface area contributed by atoms with E-state index >= 15 is 0 Å². The van der Waals surface area contributed by atoms with Gasteiger partial charge in [0.15, 0.2) is 5.82 Å². The summed E-state index contributed by atoms with van der Waals surface area (Å²) in [5.41, 5.74) is 3.88. The number of aromatic amines is 2. The minimum absolute atomic E-state index is 0.0943. The van der Waals surface area contributed by atoms with Crippen LogP contribution in [0.2, 0.25) is 0 Å². The van der Waals surface area contributed by atoms with E-state index in [1.54, 1.807) is 0 Å². The molecule has 0 saturated carbocycles. The van der Waals surface area contributed by atoms with Crippen LogP contribution in [0.5, 0.6) is 0 Å². The molecule has 0 unspecified atom stereocenters. The van der Waals surface area contributed by atoms with Crippen LogP contribution in [0.1, 0.15) is 10.4 Å². The molecule has 0 atom stereocenters. The zero-order chi connectivity index (χ0) is 18.9. The number of amides is 1. The van der Waals surface area contributed by atoms with Gasteiger partial charge in [-0.15, -0.1) is 0 Å². The van der Waals surface area contributed by atoms with Crippen LogP contribution in [-0.4, -0.2) is 52.2 Å². The Morgan fingerprint density at radius 1 is 0.929 bits per heavy atom. The molecule has 6 heteroatoms. The number of fused-ring (bicyclic) bond motifs is 1. The third-order valence-electron chi connectivity index (χ3n) is 5.37. The van der Waals surface area contributed by atoms with E-state index in [4.69, 9.17) is 0 Å². The first-order chi connectivity index (χ1) is 13.8. The minimum atomic E-state index is 0.0943. The number of H-pyrrole nitrogens is 2. The molecule has 4 aromatic rings. The number of hydrogen-bond donors (Lipinski definition) is 2. The van der Waals surface area contributed by atoms with Gasteiger partial charge in [0.1, 0.15) is 0 Å². The topological polar surface area (TPSA) is 68.0 Å². The van der Waals surface area contributed by atoms with Crippen molar-refractivity contribution in [1.29, 1.82) is 0 Å². The zero-order valence-corrected chi connectivity index (χ0v) is 15.4. The molecular formula is C22H21N5O. The highest BCUT2D eigenvalue weighted by molar-refractivity contribution is 6.06. The summed E-state index contributed by atoms with van der Waals surface area (Å²) in [7, 11) is 0. The van der Waals surface area contributed by atoms with E-state index < -0.39 is 0 Å². The SMILES string of the molecule is O=C(c1cccc2[nH]ccc12)N1CCN(c2cc(-c3ccccc3)[nH]n2)CC1. The van der Waals surface area contributed by atoms with Crippen molar-refractivity contribution < 1.29 is 4.79 Å². The molecule has 0 spiro atoms. The highest BCUT2D eigenvalue weighted by Gasteiger charge is 2.24. The lowest BCUT2D eigenvalue weighted by atomic mass is 10.1. The van der Waals surface area contributed by atoms with E-state index in [0.29, 0.717) is 13.1 Å². The maximum absolute atomic E-state index is 13.0. The molecule has 1 aliphatic rings. The molecular weight excluding hydrogens is 350 g/mol. The normalized spacial score (nSPS) is 14.6. The van der Waals surface area contributed by atoms with Gasteiger partial charge in [-0.2, -0.15) is 5.10 Å². The van der Waals surface area contributed by atoms with Gasteiger partial charge in [-0.3, -0.25) is 9.89 Å². The number of rotatable bonds is 3. The second kappa shape index (κ2) is 6.88. The van der Waals surface area contributed by atoms with Gasteiger partial charge in [0.2, 0.25) is 0 Å². The van der Waals surface area contributed by atoms with Gasteiger partial charge >= 0.3 is 0 Å². The average molecular weight is 371 g/mol. The lowest BCUT2D eigenvalue weighted by molar-refractivity contribution is 0.0748. The van der Waals surface area contributed by atoms with Crippen molar-refractivity contribution in [3.63, 3.8) is 0 Å². The largest absolute Gasteiger partial charge is 0.361 e. The number of piperazine rings is 1. The van der Waals surface area contributed by atoms with Crippen LogP contribution in [0.3, 0.4) is 0 Å². The quantitative estimate of drug-likeness (QED) is 0.579. The second-order valence-corrected chi connectivity index (χ2v) is 7.03. The Labute approximate surface area is 162 Å². The maximum atomic E-state index is 13.0. The third kappa shape index (κ3) is 2.93. The summed E-state index contributed by atoms with van der Waals surface area (Å²) < 4.78 is 0. The number of carbonyl (C=O) groups is 1. The predicted octanol–water partition coefficient (Wildman–Crippen LogP) is 3.52. The molecule has 2 aromatic carbocycles. The first-order valence-corrected chi connectivity index (χ1v) is 9.51. The molecule has 1 saturated heterocycles. The second-order valence-electron chi connectivity index (χ2n) is 7.03. The molecule has 1 fully saturated rings. The first-order valence-electron chi connectivity index (χ1n) is 9.51. The molecule has 0 aliphatic carbocycles. The number of anilines is 1. The van der Waals surface area contributed by atoms with Crippen molar-refractivity contribution in [2.45, 2.75) is 0 Å². The Hall–Kier alpha value is -3.54. The molecule has 0 bridgehead atoms. The van der Waals surface area contributed by atoms with Gasteiger partial charge in [-0.25, -0.2) is 0 Å².